The second kappa shape index (κ2) is 7.07. The molecule has 0 saturated carbocycles. The topological polar surface area (TPSA) is 48.1 Å². The summed E-state index contributed by atoms with van der Waals surface area (Å²) in [6, 6.07) is 8.38. The minimum absolute atomic E-state index is 0.0463. The first-order chi connectivity index (χ1) is 10.4. The molecule has 3 atom stereocenters. The van der Waals surface area contributed by atoms with Crippen LogP contribution in [0.1, 0.15) is 46.0 Å². The van der Waals surface area contributed by atoms with Gasteiger partial charge < -0.3 is 10.5 Å². The second-order valence-electron chi connectivity index (χ2n) is 6.39. The van der Waals surface area contributed by atoms with Gasteiger partial charge in [-0.25, -0.2) is 4.98 Å². The second-order valence-corrected chi connectivity index (χ2v) is 7.51. The van der Waals surface area contributed by atoms with Crippen LogP contribution in [-0.2, 0) is 11.2 Å². The molecule has 22 heavy (non-hydrogen) atoms. The Morgan fingerprint density at radius 3 is 2.64 bits per heavy atom. The molecule has 1 aromatic carbocycles. The molecule has 2 aromatic rings. The van der Waals surface area contributed by atoms with E-state index in [1.165, 1.54) is 4.70 Å². The zero-order valence-electron chi connectivity index (χ0n) is 14.3. The lowest BCUT2D eigenvalue weighted by Crippen LogP contribution is -2.36. The molecule has 2 heterocycles. The number of nitrogens with two attached hydrogens (primary N) is 1. The number of aromatic nitrogens is 1. The van der Waals surface area contributed by atoms with Crippen molar-refractivity contribution in [2.24, 2.45) is 11.7 Å². The van der Waals surface area contributed by atoms with Gasteiger partial charge in [-0.1, -0.05) is 26.0 Å². The zero-order chi connectivity index (χ0) is 16.3. The lowest BCUT2D eigenvalue weighted by Gasteiger charge is -2.20. The van der Waals surface area contributed by atoms with Crippen LogP contribution in [0.15, 0.2) is 24.3 Å². The Bertz CT molecular complexity index is 575. The molecule has 1 aliphatic heterocycles. The summed E-state index contributed by atoms with van der Waals surface area (Å²) in [4.78, 5) is 4.68. The molecule has 1 aliphatic rings. The first-order valence-corrected chi connectivity index (χ1v) is 9.04. The van der Waals surface area contributed by atoms with Crippen molar-refractivity contribution in [2.75, 3.05) is 0 Å². The maximum Gasteiger partial charge on any atom is 0.0954 e. The van der Waals surface area contributed by atoms with Crippen LogP contribution in [0.25, 0.3) is 10.2 Å². The van der Waals surface area contributed by atoms with Gasteiger partial charge in [0.05, 0.1) is 26.9 Å². The summed E-state index contributed by atoms with van der Waals surface area (Å²) in [5.41, 5.74) is 7.46. The average molecular weight is 321 g/mol. The van der Waals surface area contributed by atoms with Crippen LogP contribution in [0.5, 0.6) is 0 Å². The molecule has 122 valence electrons. The number of para-hydroxylation sites is 1. The summed E-state index contributed by atoms with van der Waals surface area (Å²) in [6.07, 6.45) is 2.10. The Morgan fingerprint density at radius 1 is 1.36 bits per heavy atom. The predicted molar refractivity (Wildman–Crippen MR) is 95.4 cm³/mol. The van der Waals surface area contributed by atoms with Gasteiger partial charge in [-0.3, -0.25) is 0 Å². The molecule has 1 saturated heterocycles. The van der Waals surface area contributed by atoms with Crippen LogP contribution < -0.4 is 5.73 Å². The van der Waals surface area contributed by atoms with Crippen molar-refractivity contribution in [2.45, 2.75) is 65.2 Å². The summed E-state index contributed by atoms with van der Waals surface area (Å²) < 4.78 is 7.22. The van der Waals surface area contributed by atoms with Crippen molar-refractivity contribution >= 4 is 21.6 Å². The largest absolute Gasteiger partial charge is 0.372 e. The normalized spacial score (nSPS) is 24.8. The van der Waals surface area contributed by atoms with Crippen LogP contribution in [-0.4, -0.2) is 22.7 Å². The van der Waals surface area contributed by atoms with E-state index in [0.29, 0.717) is 5.92 Å². The Kier molecular flexibility index (Phi) is 5.59. The molecule has 0 spiro atoms. The summed E-state index contributed by atoms with van der Waals surface area (Å²) in [5.74, 6) is 0.414. The van der Waals surface area contributed by atoms with E-state index in [0.717, 1.165) is 23.4 Å². The molecule has 0 radical (unpaired) electrons. The van der Waals surface area contributed by atoms with Gasteiger partial charge in [-0.05, 0) is 39.3 Å². The van der Waals surface area contributed by atoms with Gasteiger partial charge in [-0.2, -0.15) is 0 Å². The number of fused-ring (bicyclic) bond motifs is 1. The fraction of sp³-hybridized carbons (Fsp3) is 0.611. The summed E-state index contributed by atoms with van der Waals surface area (Å²) in [5, 5.41) is 1.13. The standard InChI is InChI=1S/C16H22N2OS.C2H6/c1-10-11(9-16(2,3)19-10)12(17)8-15-18-13-6-4-5-7-14(13)20-15;1-2/h4-7,10-12H,8-9,17H2,1-3H3;1-2H3/t10?,11?,12-;/m0./s1. The van der Waals surface area contributed by atoms with Gasteiger partial charge in [0.1, 0.15) is 0 Å². The van der Waals surface area contributed by atoms with Crippen LogP contribution in [0.4, 0.5) is 0 Å². The zero-order valence-corrected chi connectivity index (χ0v) is 15.1. The van der Waals surface area contributed by atoms with Crippen molar-refractivity contribution in [1.82, 2.24) is 4.98 Å². The highest BCUT2D eigenvalue weighted by molar-refractivity contribution is 7.18. The van der Waals surface area contributed by atoms with Gasteiger partial charge >= 0.3 is 0 Å². The number of thiazole rings is 1. The van der Waals surface area contributed by atoms with Gasteiger partial charge in [-0.15, -0.1) is 11.3 Å². The molecule has 4 heteroatoms. The lowest BCUT2D eigenvalue weighted by atomic mass is 9.87. The smallest absolute Gasteiger partial charge is 0.0954 e. The van der Waals surface area contributed by atoms with Crippen LogP contribution in [0.3, 0.4) is 0 Å². The average Bonchev–Trinajstić information content (AvgIpc) is 3.00. The minimum atomic E-state index is -0.0463. The van der Waals surface area contributed by atoms with E-state index in [-0.39, 0.29) is 17.7 Å². The van der Waals surface area contributed by atoms with Crippen molar-refractivity contribution in [1.29, 1.82) is 0 Å². The third kappa shape index (κ3) is 3.86. The summed E-state index contributed by atoms with van der Waals surface area (Å²) >= 11 is 1.75. The summed E-state index contributed by atoms with van der Waals surface area (Å²) in [6.45, 7) is 10.4. The van der Waals surface area contributed by atoms with Gasteiger partial charge in [0.15, 0.2) is 0 Å². The summed E-state index contributed by atoms with van der Waals surface area (Å²) in [7, 11) is 0. The number of benzene rings is 1. The third-order valence-electron chi connectivity index (χ3n) is 4.13. The molecule has 0 amide bonds. The maximum absolute atomic E-state index is 6.43. The van der Waals surface area contributed by atoms with Crippen LogP contribution >= 0.6 is 11.3 Å². The molecule has 3 rings (SSSR count). The highest BCUT2D eigenvalue weighted by Crippen LogP contribution is 2.37. The van der Waals surface area contributed by atoms with Gasteiger partial charge in [0, 0.05) is 18.4 Å². The number of ether oxygens (including phenoxy) is 1. The first kappa shape index (κ1) is 17.4. The maximum atomic E-state index is 6.43. The van der Waals surface area contributed by atoms with Gasteiger partial charge in [0.2, 0.25) is 0 Å². The van der Waals surface area contributed by atoms with Crippen molar-refractivity contribution in [3.63, 3.8) is 0 Å². The molecule has 1 aromatic heterocycles. The minimum Gasteiger partial charge on any atom is -0.372 e. The van der Waals surface area contributed by atoms with Crippen LogP contribution in [0, 0.1) is 5.92 Å². The highest BCUT2D eigenvalue weighted by Gasteiger charge is 2.40. The number of rotatable bonds is 3. The molecular weight excluding hydrogens is 292 g/mol. The van der Waals surface area contributed by atoms with E-state index in [1.54, 1.807) is 11.3 Å². The molecule has 1 fully saturated rings. The molecule has 2 unspecified atom stereocenters. The van der Waals surface area contributed by atoms with E-state index in [9.17, 15) is 0 Å². The lowest BCUT2D eigenvalue weighted by molar-refractivity contribution is -0.0129. The fourth-order valence-electron chi connectivity index (χ4n) is 3.23. The number of hydrogen-bond donors (Lipinski definition) is 1. The van der Waals surface area contributed by atoms with E-state index in [1.807, 2.05) is 19.9 Å². The predicted octanol–water partition coefficient (Wildman–Crippen LogP) is 4.40. The molecule has 2 N–H and O–H groups in total. The van der Waals surface area contributed by atoms with Crippen molar-refractivity contribution in [3.05, 3.63) is 29.3 Å². The monoisotopic (exact) mass is 320 g/mol. The molecular formula is C18H28N2OS. The first-order valence-electron chi connectivity index (χ1n) is 8.22. The quantitative estimate of drug-likeness (QED) is 0.912. The van der Waals surface area contributed by atoms with E-state index >= 15 is 0 Å². The molecule has 0 bridgehead atoms. The Hall–Kier alpha value is -0.970. The van der Waals surface area contributed by atoms with E-state index < -0.39 is 0 Å². The SMILES string of the molecule is CC.CC1OC(C)(C)CC1[C@@H](N)Cc1nc2ccccc2s1. The Morgan fingerprint density at radius 2 is 2.05 bits per heavy atom. The fourth-order valence-corrected chi connectivity index (χ4v) is 4.27. The third-order valence-corrected chi connectivity index (χ3v) is 5.19. The molecule has 3 nitrogen and oxygen atoms in total. The Labute approximate surface area is 137 Å². The van der Waals surface area contributed by atoms with E-state index in [2.05, 4.69) is 44.0 Å². The van der Waals surface area contributed by atoms with Gasteiger partial charge in [0.25, 0.3) is 0 Å². The molecule has 0 aliphatic carbocycles. The van der Waals surface area contributed by atoms with E-state index in [4.69, 9.17) is 10.5 Å². The Balaban J connectivity index is 0.000000847. The van der Waals surface area contributed by atoms with Crippen molar-refractivity contribution < 1.29 is 4.74 Å². The number of nitrogens with zero attached hydrogens (tertiary/aromatic N) is 1. The van der Waals surface area contributed by atoms with Crippen LogP contribution in [0.2, 0.25) is 0 Å². The number of hydrogen-bond acceptors (Lipinski definition) is 4. The highest BCUT2D eigenvalue weighted by atomic mass is 32.1. The van der Waals surface area contributed by atoms with Crippen molar-refractivity contribution in [3.8, 4) is 0 Å².